The second-order valence-electron chi connectivity index (χ2n) is 5.35. The van der Waals surface area contributed by atoms with Gasteiger partial charge < -0.3 is 9.30 Å². The molecule has 8 heteroatoms. The summed E-state index contributed by atoms with van der Waals surface area (Å²) in [6.07, 6.45) is 5.16. The molecule has 2 aromatic carbocycles. The molecule has 3 rings (SSSR count). The van der Waals surface area contributed by atoms with Gasteiger partial charge in [0.25, 0.3) is 0 Å². The van der Waals surface area contributed by atoms with Gasteiger partial charge in [0, 0.05) is 60.3 Å². The van der Waals surface area contributed by atoms with E-state index in [0.717, 1.165) is 11.1 Å². The van der Waals surface area contributed by atoms with E-state index in [1.165, 1.54) is 0 Å². The van der Waals surface area contributed by atoms with Crippen molar-refractivity contribution in [2.24, 2.45) is 0 Å². The summed E-state index contributed by atoms with van der Waals surface area (Å²) in [5.41, 5.74) is 1.93. The van der Waals surface area contributed by atoms with Crippen LogP contribution in [-0.2, 0) is 45.2 Å². The minimum absolute atomic E-state index is 0. The fourth-order valence-electron chi connectivity index (χ4n) is 2.37. The van der Waals surface area contributed by atoms with Crippen molar-refractivity contribution < 1.29 is 32.0 Å². The molecule has 1 unspecified atom stereocenters. The molecule has 0 fully saturated rings. The Balaban J connectivity index is 0.00000169. The summed E-state index contributed by atoms with van der Waals surface area (Å²) in [6.45, 7) is 1.06. The van der Waals surface area contributed by atoms with E-state index >= 15 is 0 Å². The number of rotatable bonds is 6. The van der Waals surface area contributed by atoms with E-state index in [-0.39, 0.29) is 45.8 Å². The molecular formula is C18H16CdCl4N2O. The van der Waals surface area contributed by atoms with Gasteiger partial charge in [0.15, 0.2) is 0 Å². The second-order valence-corrected chi connectivity index (χ2v) is 6.63. The molecule has 3 nitrogen and oxygen atoms in total. The van der Waals surface area contributed by atoms with Gasteiger partial charge >= 0.3 is 0 Å². The van der Waals surface area contributed by atoms with Gasteiger partial charge in [-0.2, -0.15) is 0 Å². The van der Waals surface area contributed by atoms with Crippen LogP contribution in [0.1, 0.15) is 17.2 Å². The summed E-state index contributed by atoms with van der Waals surface area (Å²) in [6, 6.07) is 13.0. The number of halogens is 4. The number of nitrogens with zero attached hydrogens (tertiary/aromatic N) is 2. The maximum atomic E-state index is 6.36. The molecule has 0 saturated heterocycles. The van der Waals surface area contributed by atoms with Crippen LogP contribution in [0.25, 0.3) is 0 Å². The molecule has 0 aliphatic heterocycles. The molecule has 0 amide bonds. The van der Waals surface area contributed by atoms with Gasteiger partial charge in [-0.1, -0.05) is 53.0 Å². The van der Waals surface area contributed by atoms with Crippen LogP contribution in [0.15, 0.2) is 61.2 Å². The van der Waals surface area contributed by atoms with E-state index in [2.05, 4.69) is 4.98 Å². The van der Waals surface area contributed by atoms with E-state index in [4.69, 9.17) is 39.5 Å². The van der Waals surface area contributed by atoms with Gasteiger partial charge in [-0.05, 0) is 29.8 Å². The first-order chi connectivity index (χ1) is 11.6. The van der Waals surface area contributed by atoms with E-state index in [1.54, 1.807) is 18.6 Å². The molecule has 0 radical (unpaired) electrons. The second kappa shape index (κ2) is 11.5. The number of aromatic nitrogens is 2. The smallest absolute Gasteiger partial charge is 0.102 e. The predicted molar refractivity (Wildman–Crippen MR) is 105 cm³/mol. The van der Waals surface area contributed by atoms with Gasteiger partial charge in [-0.25, -0.2) is 4.98 Å². The predicted octanol–water partition coefficient (Wildman–Crippen LogP) is 6.22. The Kier molecular flexibility index (Phi) is 10.5. The van der Waals surface area contributed by atoms with Crippen molar-refractivity contribution in [3.63, 3.8) is 0 Å². The largest absolute Gasteiger partial charge is 0.367 e. The molecular weight excluding hydrogens is 514 g/mol. The van der Waals surface area contributed by atoms with Crippen LogP contribution >= 0.6 is 47.2 Å². The van der Waals surface area contributed by atoms with Gasteiger partial charge in [0.2, 0.25) is 0 Å². The van der Waals surface area contributed by atoms with Crippen LogP contribution in [0.4, 0.5) is 0 Å². The standard InChI is InChI=1S/C18H15Cl3N2O.Cd.ClH/c19-14-3-1-13(2-4-14)11-24-18(10-23-8-7-22-12-23)16-6-5-15(20)9-17(16)21;;/h1-9,12,18H,10-11H2;;1H. The number of imidazole rings is 1. The van der Waals surface area contributed by atoms with Crippen molar-refractivity contribution in [3.05, 3.63) is 87.4 Å². The van der Waals surface area contributed by atoms with Crippen molar-refractivity contribution in [1.82, 2.24) is 9.55 Å². The van der Waals surface area contributed by atoms with Crippen molar-refractivity contribution in [3.8, 4) is 0 Å². The molecule has 0 saturated carbocycles. The van der Waals surface area contributed by atoms with Crippen LogP contribution in [0.3, 0.4) is 0 Å². The fraction of sp³-hybridized carbons (Fsp3) is 0.167. The summed E-state index contributed by atoms with van der Waals surface area (Å²) in [5, 5.41) is 1.89. The summed E-state index contributed by atoms with van der Waals surface area (Å²) >= 11 is 18.3. The Bertz CT molecular complexity index is 797. The average molecular weight is 531 g/mol. The maximum Gasteiger partial charge on any atom is 0.102 e. The average Bonchev–Trinajstić information content (AvgIpc) is 3.06. The molecule has 134 valence electrons. The fourth-order valence-corrected chi connectivity index (χ4v) is 3.02. The van der Waals surface area contributed by atoms with Crippen molar-refractivity contribution >= 4 is 47.2 Å². The Hall–Kier alpha value is -0.308. The molecule has 0 aliphatic carbocycles. The van der Waals surface area contributed by atoms with E-state index in [1.807, 2.05) is 47.2 Å². The van der Waals surface area contributed by atoms with Crippen molar-refractivity contribution in [1.29, 1.82) is 0 Å². The minimum Gasteiger partial charge on any atom is -0.367 e. The first kappa shape index (κ1) is 23.7. The third-order valence-electron chi connectivity index (χ3n) is 3.61. The van der Waals surface area contributed by atoms with Gasteiger partial charge in [-0.15, -0.1) is 12.4 Å². The summed E-state index contributed by atoms with van der Waals surface area (Å²) in [4.78, 5) is 4.07. The SMILES string of the molecule is Cl.Clc1ccc(COC(Cn2ccnc2)c2ccc(Cl)cc2Cl)cc1.[Cd]. The molecule has 3 aromatic rings. The zero-order valence-electron chi connectivity index (χ0n) is 13.8. The Morgan fingerprint density at radius 2 is 1.69 bits per heavy atom. The van der Waals surface area contributed by atoms with Gasteiger partial charge in [0.05, 0.1) is 19.5 Å². The molecule has 26 heavy (non-hydrogen) atoms. The first-order valence-electron chi connectivity index (χ1n) is 7.38. The van der Waals surface area contributed by atoms with E-state index in [9.17, 15) is 0 Å². The summed E-state index contributed by atoms with van der Waals surface area (Å²) in [5.74, 6) is 0. The molecule has 1 atom stereocenters. The first-order valence-corrected chi connectivity index (χ1v) is 8.52. The minimum atomic E-state index is -0.223. The van der Waals surface area contributed by atoms with Gasteiger partial charge in [-0.3, -0.25) is 0 Å². The summed E-state index contributed by atoms with van der Waals surface area (Å²) < 4.78 is 8.08. The molecule has 1 aromatic heterocycles. The van der Waals surface area contributed by atoms with Crippen LogP contribution in [0.5, 0.6) is 0 Å². The van der Waals surface area contributed by atoms with E-state index in [0.29, 0.717) is 28.2 Å². The Morgan fingerprint density at radius 1 is 1.00 bits per heavy atom. The third kappa shape index (κ3) is 6.69. The topological polar surface area (TPSA) is 27.1 Å². The number of hydrogen-bond donors (Lipinski definition) is 0. The Labute approximate surface area is 194 Å². The zero-order chi connectivity index (χ0) is 16.9. The zero-order valence-corrected chi connectivity index (χ0v) is 20.9. The molecule has 0 aliphatic rings. The molecule has 0 spiro atoms. The van der Waals surface area contributed by atoms with Gasteiger partial charge in [0.1, 0.15) is 6.10 Å². The van der Waals surface area contributed by atoms with E-state index < -0.39 is 0 Å². The normalized spacial score (nSPS) is 11.3. The number of hydrogen-bond acceptors (Lipinski definition) is 2. The van der Waals surface area contributed by atoms with Crippen LogP contribution in [0.2, 0.25) is 15.1 Å². The van der Waals surface area contributed by atoms with Crippen molar-refractivity contribution in [2.45, 2.75) is 19.3 Å². The molecule has 1 heterocycles. The third-order valence-corrected chi connectivity index (χ3v) is 4.42. The summed E-state index contributed by atoms with van der Waals surface area (Å²) in [7, 11) is 0. The maximum absolute atomic E-state index is 6.36. The molecule has 0 bridgehead atoms. The Morgan fingerprint density at radius 3 is 2.31 bits per heavy atom. The monoisotopic (exact) mass is 530 g/mol. The van der Waals surface area contributed by atoms with Crippen molar-refractivity contribution in [2.75, 3.05) is 0 Å². The van der Waals surface area contributed by atoms with Crippen LogP contribution in [-0.4, -0.2) is 9.55 Å². The molecule has 0 N–H and O–H groups in total. The quantitative estimate of drug-likeness (QED) is 0.354. The number of ether oxygens (including phenoxy) is 1. The van der Waals surface area contributed by atoms with Crippen LogP contribution in [0, 0.1) is 0 Å². The van der Waals surface area contributed by atoms with Crippen LogP contribution < -0.4 is 0 Å². The number of benzene rings is 2.